The first-order valence-corrected chi connectivity index (χ1v) is 6.13. The topological polar surface area (TPSA) is 64.1 Å². The molecule has 0 saturated carbocycles. The molecule has 96 valence electrons. The van der Waals surface area contributed by atoms with E-state index in [1.807, 2.05) is 24.3 Å². The maximum Gasteiger partial charge on any atom is 0.266 e. The highest BCUT2D eigenvalue weighted by molar-refractivity contribution is 6.29. The summed E-state index contributed by atoms with van der Waals surface area (Å²) in [6.07, 6.45) is 1.31. The number of anilines is 1. The lowest BCUT2D eigenvalue weighted by atomic mass is 10.1. The highest BCUT2D eigenvalue weighted by Crippen LogP contribution is 2.28. The van der Waals surface area contributed by atoms with Gasteiger partial charge in [-0.3, -0.25) is 4.79 Å². The standard InChI is InChI=1S/C13H10ClN3O2/c14-11-6-12(16-7-15-11)17-13(18)10-5-8-3-1-2-4-9(8)19-10/h1-4,6-7,10H,5H2,(H,15,16,17,18). The first-order valence-electron chi connectivity index (χ1n) is 5.75. The summed E-state index contributed by atoms with van der Waals surface area (Å²) in [4.78, 5) is 19.7. The van der Waals surface area contributed by atoms with Crippen molar-refractivity contribution < 1.29 is 9.53 Å². The van der Waals surface area contributed by atoms with Crippen LogP contribution in [0, 0.1) is 0 Å². The second-order valence-corrected chi connectivity index (χ2v) is 4.52. The molecule has 2 aromatic rings. The molecule has 1 N–H and O–H groups in total. The Hall–Kier alpha value is -2.14. The van der Waals surface area contributed by atoms with E-state index < -0.39 is 6.10 Å². The van der Waals surface area contributed by atoms with Crippen molar-refractivity contribution in [3.63, 3.8) is 0 Å². The second-order valence-electron chi connectivity index (χ2n) is 4.13. The van der Waals surface area contributed by atoms with Gasteiger partial charge in [0.1, 0.15) is 23.0 Å². The molecule has 0 spiro atoms. The number of ether oxygens (including phenoxy) is 1. The van der Waals surface area contributed by atoms with Gasteiger partial charge in [0, 0.05) is 12.5 Å². The molecule has 0 saturated heterocycles. The van der Waals surface area contributed by atoms with E-state index in [0.29, 0.717) is 12.2 Å². The highest BCUT2D eigenvalue weighted by atomic mass is 35.5. The summed E-state index contributed by atoms with van der Waals surface area (Å²) < 4.78 is 5.58. The fourth-order valence-electron chi connectivity index (χ4n) is 1.94. The van der Waals surface area contributed by atoms with Crippen LogP contribution in [0.15, 0.2) is 36.7 Å². The lowest BCUT2D eigenvalue weighted by Gasteiger charge is -2.10. The molecule has 1 unspecified atom stereocenters. The zero-order valence-electron chi connectivity index (χ0n) is 9.84. The van der Waals surface area contributed by atoms with E-state index in [1.165, 1.54) is 12.4 Å². The van der Waals surface area contributed by atoms with Gasteiger partial charge in [0.25, 0.3) is 5.91 Å². The molecule has 1 aromatic heterocycles. The number of nitrogens with zero attached hydrogens (tertiary/aromatic N) is 2. The number of carbonyl (C=O) groups excluding carboxylic acids is 1. The van der Waals surface area contributed by atoms with Crippen LogP contribution in [-0.4, -0.2) is 22.0 Å². The summed E-state index contributed by atoms with van der Waals surface area (Å²) in [5, 5.41) is 2.94. The normalized spacial score (nSPS) is 16.6. The summed E-state index contributed by atoms with van der Waals surface area (Å²) in [7, 11) is 0. The Labute approximate surface area is 114 Å². The number of fused-ring (bicyclic) bond motifs is 1. The van der Waals surface area contributed by atoms with Crippen molar-refractivity contribution in [3.8, 4) is 5.75 Å². The monoisotopic (exact) mass is 275 g/mol. The van der Waals surface area contributed by atoms with Crippen LogP contribution in [0.4, 0.5) is 5.82 Å². The summed E-state index contributed by atoms with van der Waals surface area (Å²) in [5.41, 5.74) is 1.03. The van der Waals surface area contributed by atoms with Gasteiger partial charge in [0.15, 0.2) is 6.10 Å². The third-order valence-corrected chi connectivity index (χ3v) is 3.03. The number of halogens is 1. The highest BCUT2D eigenvalue weighted by Gasteiger charge is 2.28. The molecule has 2 heterocycles. The Morgan fingerprint density at radius 1 is 1.37 bits per heavy atom. The van der Waals surface area contributed by atoms with E-state index in [9.17, 15) is 4.79 Å². The van der Waals surface area contributed by atoms with E-state index in [0.717, 1.165) is 11.3 Å². The molecule has 1 atom stereocenters. The largest absolute Gasteiger partial charge is 0.480 e. The number of rotatable bonds is 2. The van der Waals surface area contributed by atoms with Gasteiger partial charge in [0.05, 0.1) is 0 Å². The van der Waals surface area contributed by atoms with Crippen molar-refractivity contribution in [3.05, 3.63) is 47.4 Å². The first kappa shape index (κ1) is 11.9. The number of hydrogen-bond acceptors (Lipinski definition) is 4. The van der Waals surface area contributed by atoms with Crippen LogP contribution < -0.4 is 10.1 Å². The number of nitrogens with one attached hydrogen (secondary N) is 1. The van der Waals surface area contributed by atoms with Gasteiger partial charge < -0.3 is 10.1 Å². The van der Waals surface area contributed by atoms with Gasteiger partial charge in [-0.15, -0.1) is 0 Å². The van der Waals surface area contributed by atoms with Crippen LogP contribution in [-0.2, 0) is 11.2 Å². The summed E-state index contributed by atoms with van der Waals surface area (Å²) in [6, 6.07) is 9.09. The van der Waals surface area contributed by atoms with Gasteiger partial charge in [-0.05, 0) is 11.6 Å². The second kappa shape index (κ2) is 4.85. The molecule has 0 fully saturated rings. The smallest absolute Gasteiger partial charge is 0.266 e. The number of carbonyl (C=O) groups is 1. The first-order chi connectivity index (χ1) is 9.22. The van der Waals surface area contributed by atoms with Crippen LogP contribution in [0.2, 0.25) is 5.15 Å². The number of aromatic nitrogens is 2. The van der Waals surface area contributed by atoms with Crippen LogP contribution >= 0.6 is 11.6 Å². The minimum Gasteiger partial charge on any atom is -0.480 e. The van der Waals surface area contributed by atoms with E-state index in [2.05, 4.69) is 15.3 Å². The van der Waals surface area contributed by atoms with Crippen molar-refractivity contribution >= 4 is 23.3 Å². The van der Waals surface area contributed by atoms with Crippen molar-refractivity contribution in [1.29, 1.82) is 0 Å². The lowest BCUT2D eigenvalue weighted by molar-refractivity contribution is -0.122. The summed E-state index contributed by atoms with van der Waals surface area (Å²) >= 11 is 5.73. The predicted octanol–water partition coefficient (Wildman–Crippen LogP) is 2.07. The number of benzene rings is 1. The average molecular weight is 276 g/mol. The Morgan fingerprint density at radius 2 is 2.21 bits per heavy atom. The zero-order chi connectivity index (χ0) is 13.2. The number of hydrogen-bond donors (Lipinski definition) is 1. The summed E-state index contributed by atoms with van der Waals surface area (Å²) in [6.45, 7) is 0. The van der Waals surface area contributed by atoms with E-state index in [4.69, 9.17) is 16.3 Å². The van der Waals surface area contributed by atoms with Crippen LogP contribution in [0.5, 0.6) is 5.75 Å². The fraction of sp³-hybridized carbons (Fsp3) is 0.154. The van der Waals surface area contributed by atoms with Gasteiger partial charge in [-0.25, -0.2) is 9.97 Å². The lowest BCUT2D eigenvalue weighted by Crippen LogP contribution is -2.31. The molecule has 6 heteroatoms. The molecular formula is C13H10ClN3O2. The quantitative estimate of drug-likeness (QED) is 0.852. The Morgan fingerprint density at radius 3 is 3.00 bits per heavy atom. The van der Waals surface area contributed by atoms with Crippen LogP contribution in [0.1, 0.15) is 5.56 Å². The molecule has 1 amide bonds. The zero-order valence-corrected chi connectivity index (χ0v) is 10.6. The fourth-order valence-corrected chi connectivity index (χ4v) is 2.08. The number of amides is 1. The predicted molar refractivity (Wildman–Crippen MR) is 70.2 cm³/mol. The third-order valence-electron chi connectivity index (χ3n) is 2.82. The van der Waals surface area contributed by atoms with Crippen LogP contribution in [0.3, 0.4) is 0 Å². The molecule has 19 heavy (non-hydrogen) atoms. The Kier molecular flexibility index (Phi) is 3.05. The van der Waals surface area contributed by atoms with E-state index in [-0.39, 0.29) is 11.1 Å². The minimum atomic E-state index is -0.536. The maximum atomic E-state index is 12.1. The average Bonchev–Trinajstić information content (AvgIpc) is 2.82. The van der Waals surface area contributed by atoms with E-state index in [1.54, 1.807) is 0 Å². The van der Waals surface area contributed by atoms with Gasteiger partial charge in [0.2, 0.25) is 0 Å². The van der Waals surface area contributed by atoms with Gasteiger partial charge in [-0.1, -0.05) is 29.8 Å². The van der Waals surface area contributed by atoms with Crippen molar-refractivity contribution in [1.82, 2.24) is 9.97 Å². The maximum absolute atomic E-state index is 12.1. The van der Waals surface area contributed by atoms with Crippen molar-refractivity contribution in [2.24, 2.45) is 0 Å². The SMILES string of the molecule is O=C(Nc1cc(Cl)ncn1)C1Cc2ccccc2O1. The Bertz CT molecular complexity index is 608. The third kappa shape index (κ3) is 2.51. The molecule has 1 aliphatic rings. The van der Waals surface area contributed by atoms with Crippen LogP contribution in [0.25, 0.3) is 0 Å². The molecule has 5 nitrogen and oxygen atoms in total. The van der Waals surface area contributed by atoms with E-state index >= 15 is 0 Å². The van der Waals surface area contributed by atoms with Gasteiger partial charge in [-0.2, -0.15) is 0 Å². The summed E-state index contributed by atoms with van der Waals surface area (Å²) in [5.74, 6) is 0.874. The van der Waals surface area contributed by atoms with Crippen molar-refractivity contribution in [2.45, 2.75) is 12.5 Å². The minimum absolute atomic E-state index is 0.244. The molecule has 3 rings (SSSR count). The van der Waals surface area contributed by atoms with Crippen molar-refractivity contribution in [2.75, 3.05) is 5.32 Å². The molecule has 1 aliphatic heterocycles. The molecule has 1 aromatic carbocycles. The Balaban J connectivity index is 1.70. The molecule has 0 bridgehead atoms. The molecular weight excluding hydrogens is 266 g/mol. The number of para-hydroxylation sites is 1. The molecule has 0 radical (unpaired) electrons. The molecule has 0 aliphatic carbocycles. The van der Waals surface area contributed by atoms with Gasteiger partial charge >= 0.3 is 0 Å².